The van der Waals surface area contributed by atoms with Crippen LogP contribution in [-0.4, -0.2) is 52.2 Å². The molecular formula is C13H24N2O4Si. The third-order valence-corrected chi connectivity index (χ3v) is 7.37. The molecule has 114 valence electrons. The smallest absolute Gasteiger partial charge is 0.368 e. The summed E-state index contributed by atoms with van der Waals surface area (Å²) in [5.41, 5.74) is 0. The second-order valence-corrected chi connectivity index (χ2v) is 8.53. The highest BCUT2D eigenvalue weighted by molar-refractivity contribution is 6.62. The van der Waals surface area contributed by atoms with Gasteiger partial charge in [0.25, 0.3) is 0 Å². The molecular weight excluding hydrogens is 276 g/mol. The van der Waals surface area contributed by atoms with E-state index in [2.05, 4.69) is 10.6 Å². The third kappa shape index (κ3) is 2.78. The summed E-state index contributed by atoms with van der Waals surface area (Å²) in [5.74, 6) is 0.113. The topological polar surface area (TPSA) is 68.8 Å². The molecule has 0 radical (unpaired) electrons. The van der Waals surface area contributed by atoms with Crippen LogP contribution in [0, 0.1) is 0 Å². The van der Waals surface area contributed by atoms with Gasteiger partial charge in [-0.1, -0.05) is 0 Å². The van der Waals surface area contributed by atoms with Crippen molar-refractivity contribution in [1.82, 2.24) is 10.6 Å². The molecule has 3 aliphatic rings. The first kappa shape index (κ1) is 14.5. The molecule has 3 heterocycles. The summed E-state index contributed by atoms with van der Waals surface area (Å²) < 4.78 is 17.7. The van der Waals surface area contributed by atoms with Crippen LogP contribution in [0.25, 0.3) is 0 Å². The fourth-order valence-electron chi connectivity index (χ4n) is 3.29. The van der Waals surface area contributed by atoms with Gasteiger partial charge in [0.2, 0.25) is 5.91 Å². The van der Waals surface area contributed by atoms with Crippen LogP contribution in [0.3, 0.4) is 0 Å². The summed E-state index contributed by atoms with van der Waals surface area (Å²) in [6.07, 6.45) is 3.25. The van der Waals surface area contributed by atoms with Gasteiger partial charge in [-0.2, -0.15) is 0 Å². The number of rotatable bonds is 5. The van der Waals surface area contributed by atoms with Crippen molar-refractivity contribution in [3.63, 3.8) is 0 Å². The van der Waals surface area contributed by atoms with Gasteiger partial charge in [0.1, 0.15) is 0 Å². The Bertz CT molecular complexity index is 363. The molecule has 0 aromatic rings. The zero-order valence-electron chi connectivity index (χ0n) is 12.2. The molecule has 3 atom stereocenters. The Morgan fingerprint density at radius 1 is 1.30 bits per heavy atom. The quantitative estimate of drug-likeness (QED) is 0.568. The zero-order valence-corrected chi connectivity index (χ0v) is 13.2. The van der Waals surface area contributed by atoms with Crippen LogP contribution in [0.4, 0.5) is 0 Å². The number of carbonyl (C=O) groups excluding carboxylic acids is 1. The largest absolute Gasteiger partial charge is 0.502 e. The number of nitrogens with one attached hydrogen (secondary N) is 2. The SMILES string of the molecule is CC1O[Si]2(CCCNC(=O)C3CCCN3)OC(C)C1O2. The lowest BCUT2D eigenvalue weighted by molar-refractivity contribution is -0.122. The van der Waals surface area contributed by atoms with E-state index in [-0.39, 0.29) is 30.3 Å². The molecule has 0 aromatic carbocycles. The Labute approximate surface area is 120 Å². The fraction of sp³-hybridized carbons (Fsp3) is 0.923. The molecule has 6 nitrogen and oxygen atoms in total. The summed E-state index contributed by atoms with van der Waals surface area (Å²) in [4.78, 5) is 11.8. The molecule has 3 saturated heterocycles. The molecule has 3 rings (SSSR count). The van der Waals surface area contributed by atoms with Crippen LogP contribution in [-0.2, 0) is 18.1 Å². The zero-order chi connectivity index (χ0) is 14.2. The van der Waals surface area contributed by atoms with Crippen LogP contribution in [0.15, 0.2) is 0 Å². The summed E-state index contributed by atoms with van der Waals surface area (Å²) in [5, 5.41) is 6.18. The van der Waals surface area contributed by atoms with Crippen molar-refractivity contribution in [3.8, 4) is 0 Å². The molecule has 3 fully saturated rings. The Morgan fingerprint density at radius 2 is 2.05 bits per heavy atom. The van der Waals surface area contributed by atoms with Gasteiger partial charge in [0, 0.05) is 12.6 Å². The van der Waals surface area contributed by atoms with Crippen LogP contribution >= 0.6 is 0 Å². The molecule has 3 aliphatic heterocycles. The Kier molecular flexibility index (Phi) is 4.14. The normalized spacial score (nSPS) is 43.1. The van der Waals surface area contributed by atoms with Crippen molar-refractivity contribution in [1.29, 1.82) is 0 Å². The standard InChI is InChI=1S/C13H24N2O4Si/c1-9-12-10(2)18-20(17-9,19-12)8-4-7-15-13(16)11-5-3-6-14-11/h9-12,14H,3-8H2,1-2H3,(H,15,16). The number of fused-ring (bicyclic) bond motifs is 2. The van der Waals surface area contributed by atoms with E-state index in [0.29, 0.717) is 6.54 Å². The molecule has 20 heavy (non-hydrogen) atoms. The lowest BCUT2D eigenvalue weighted by Crippen LogP contribution is -2.45. The predicted octanol–water partition coefficient (Wildman–Crippen LogP) is 0.406. The highest BCUT2D eigenvalue weighted by atomic mass is 28.4. The maximum atomic E-state index is 11.8. The van der Waals surface area contributed by atoms with E-state index >= 15 is 0 Å². The van der Waals surface area contributed by atoms with Crippen molar-refractivity contribution in [3.05, 3.63) is 0 Å². The van der Waals surface area contributed by atoms with Crippen LogP contribution in [0.5, 0.6) is 0 Å². The minimum atomic E-state index is -2.43. The highest BCUT2D eigenvalue weighted by Crippen LogP contribution is 2.40. The second-order valence-electron chi connectivity index (χ2n) is 5.95. The number of carbonyl (C=O) groups is 1. The Hall–Kier alpha value is -0.473. The van der Waals surface area contributed by atoms with Crippen LogP contribution < -0.4 is 10.6 Å². The summed E-state index contributed by atoms with van der Waals surface area (Å²) in [6.45, 7) is 5.70. The van der Waals surface area contributed by atoms with Crippen molar-refractivity contribution < 1.29 is 18.1 Å². The van der Waals surface area contributed by atoms with Gasteiger partial charge in [-0.25, -0.2) is 0 Å². The van der Waals surface area contributed by atoms with Gasteiger partial charge in [-0.15, -0.1) is 0 Å². The third-order valence-electron chi connectivity index (χ3n) is 4.31. The van der Waals surface area contributed by atoms with Gasteiger partial charge in [0.15, 0.2) is 0 Å². The van der Waals surface area contributed by atoms with Crippen LogP contribution in [0.1, 0.15) is 33.1 Å². The lowest BCUT2D eigenvalue weighted by atomic mass is 10.1. The second kappa shape index (κ2) is 5.73. The summed E-state index contributed by atoms with van der Waals surface area (Å²) in [6, 6.07) is 0.785. The Morgan fingerprint density at radius 3 is 2.65 bits per heavy atom. The minimum absolute atomic E-state index is 0.00320. The average molecular weight is 300 g/mol. The van der Waals surface area contributed by atoms with Crippen molar-refractivity contribution in [2.75, 3.05) is 13.1 Å². The predicted molar refractivity (Wildman–Crippen MR) is 75.2 cm³/mol. The van der Waals surface area contributed by atoms with E-state index in [0.717, 1.165) is 31.9 Å². The first-order valence-electron chi connectivity index (χ1n) is 7.64. The van der Waals surface area contributed by atoms with Gasteiger partial charge in [0.05, 0.1) is 24.4 Å². The lowest BCUT2D eigenvalue weighted by Gasteiger charge is -2.26. The maximum Gasteiger partial charge on any atom is 0.502 e. The molecule has 0 aliphatic carbocycles. The van der Waals surface area contributed by atoms with E-state index in [1.54, 1.807) is 0 Å². The molecule has 7 heteroatoms. The molecule has 2 N–H and O–H groups in total. The van der Waals surface area contributed by atoms with Crippen molar-refractivity contribution in [2.24, 2.45) is 0 Å². The van der Waals surface area contributed by atoms with Crippen LogP contribution in [0.2, 0.25) is 6.04 Å². The van der Waals surface area contributed by atoms with E-state index < -0.39 is 8.80 Å². The molecule has 0 spiro atoms. The first-order valence-corrected chi connectivity index (χ1v) is 9.57. The van der Waals surface area contributed by atoms with E-state index in [1.165, 1.54) is 0 Å². The van der Waals surface area contributed by atoms with Crippen molar-refractivity contribution in [2.45, 2.75) is 63.5 Å². The average Bonchev–Trinajstić information content (AvgIpc) is 3.08. The molecule has 0 saturated carbocycles. The molecule has 3 unspecified atom stereocenters. The fourth-order valence-corrected chi connectivity index (χ4v) is 6.62. The summed E-state index contributed by atoms with van der Waals surface area (Å²) >= 11 is 0. The number of hydrogen-bond acceptors (Lipinski definition) is 5. The Balaban J connectivity index is 1.39. The van der Waals surface area contributed by atoms with E-state index in [1.807, 2.05) is 13.8 Å². The van der Waals surface area contributed by atoms with Gasteiger partial charge in [-0.05, 0) is 39.7 Å². The first-order chi connectivity index (χ1) is 9.60. The maximum absolute atomic E-state index is 11.8. The molecule has 0 aromatic heterocycles. The summed E-state index contributed by atoms with van der Waals surface area (Å²) in [7, 11) is -2.43. The molecule has 2 bridgehead atoms. The van der Waals surface area contributed by atoms with Gasteiger partial charge in [-0.3, -0.25) is 4.79 Å². The molecule has 1 amide bonds. The monoisotopic (exact) mass is 300 g/mol. The van der Waals surface area contributed by atoms with Gasteiger partial charge >= 0.3 is 8.80 Å². The highest BCUT2D eigenvalue weighted by Gasteiger charge is 2.60. The minimum Gasteiger partial charge on any atom is -0.368 e. The number of amides is 1. The van der Waals surface area contributed by atoms with E-state index in [9.17, 15) is 4.79 Å². The van der Waals surface area contributed by atoms with Gasteiger partial charge < -0.3 is 23.9 Å². The van der Waals surface area contributed by atoms with E-state index in [4.69, 9.17) is 13.3 Å². The van der Waals surface area contributed by atoms with Crippen molar-refractivity contribution >= 4 is 14.7 Å². The number of hydrogen-bond donors (Lipinski definition) is 2.